The molecule has 1 N–H and O–H groups in total. The predicted molar refractivity (Wildman–Crippen MR) is 132 cm³/mol. The zero-order valence-electron chi connectivity index (χ0n) is 20.9. The Bertz CT molecular complexity index is 1150. The number of benzene rings is 2. The lowest BCUT2D eigenvalue weighted by Crippen LogP contribution is -2.63. The first-order valence-electron chi connectivity index (χ1n) is 12.3. The predicted octanol–water partition coefficient (Wildman–Crippen LogP) is 3.32. The van der Waals surface area contributed by atoms with Gasteiger partial charge in [-0.1, -0.05) is 6.07 Å². The summed E-state index contributed by atoms with van der Waals surface area (Å²) in [6.45, 7) is 3.65. The van der Waals surface area contributed by atoms with Crippen LogP contribution in [-0.4, -0.2) is 91.1 Å². The standard InChI is InChI=1S/C26H29F3N4O5/c1-2-38-21-8-6-20(7-9-21)30-25(36)32-10-11-33(22(17-32)24(35)31-12-14-37-15-13-31)23(34)18-4-3-5-19(16-18)26(27,28)29/h3-9,16,22H,2,10-15,17H2,1H3,(H,30,36). The molecule has 1 unspecified atom stereocenters. The number of halogens is 3. The molecule has 4 rings (SSSR count). The fourth-order valence-corrected chi connectivity index (χ4v) is 4.41. The minimum Gasteiger partial charge on any atom is -0.494 e. The maximum Gasteiger partial charge on any atom is 0.416 e. The lowest BCUT2D eigenvalue weighted by molar-refractivity contribution is -0.142. The van der Waals surface area contributed by atoms with Crippen LogP contribution >= 0.6 is 0 Å². The van der Waals surface area contributed by atoms with Crippen molar-refractivity contribution in [3.63, 3.8) is 0 Å². The molecule has 4 amide bonds. The van der Waals surface area contributed by atoms with Crippen molar-refractivity contribution in [2.24, 2.45) is 0 Å². The Morgan fingerprint density at radius 1 is 1.00 bits per heavy atom. The van der Waals surface area contributed by atoms with E-state index in [1.165, 1.54) is 15.9 Å². The summed E-state index contributed by atoms with van der Waals surface area (Å²) in [5, 5.41) is 2.78. The number of nitrogens with one attached hydrogen (secondary N) is 1. The van der Waals surface area contributed by atoms with Gasteiger partial charge in [0.15, 0.2) is 0 Å². The van der Waals surface area contributed by atoms with Gasteiger partial charge in [0.25, 0.3) is 5.91 Å². The van der Waals surface area contributed by atoms with E-state index >= 15 is 0 Å². The summed E-state index contributed by atoms with van der Waals surface area (Å²) in [6.07, 6.45) is -4.61. The van der Waals surface area contributed by atoms with E-state index in [9.17, 15) is 27.6 Å². The van der Waals surface area contributed by atoms with Crippen LogP contribution in [0.15, 0.2) is 48.5 Å². The summed E-state index contributed by atoms with van der Waals surface area (Å²) < 4.78 is 50.4. The molecule has 2 aliphatic rings. The summed E-state index contributed by atoms with van der Waals surface area (Å²) in [5.41, 5.74) is -0.600. The van der Waals surface area contributed by atoms with E-state index in [1.54, 1.807) is 29.2 Å². The Morgan fingerprint density at radius 3 is 2.37 bits per heavy atom. The van der Waals surface area contributed by atoms with Crippen LogP contribution in [0.25, 0.3) is 0 Å². The maximum absolute atomic E-state index is 13.5. The quantitative estimate of drug-likeness (QED) is 0.636. The van der Waals surface area contributed by atoms with E-state index < -0.39 is 29.7 Å². The number of anilines is 1. The highest BCUT2D eigenvalue weighted by Crippen LogP contribution is 2.30. The average Bonchev–Trinajstić information content (AvgIpc) is 2.93. The Kier molecular flexibility index (Phi) is 8.40. The molecule has 0 aliphatic carbocycles. The van der Waals surface area contributed by atoms with Crippen molar-refractivity contribution >= 4 is 23.5 Å². The summed E-state index contributed by atoms with van der Waals surface area (Å²) in [4.78, 5) is 44.1. The fourth-order valence-electron chi connectivity index (χ4n) is 4.41. The highest BCUT2D eigenvalue weighted by atomic mass is 19.4. The van der Waals surface area contributed by atoms with E-state index in [1.807, 2.05) is 6.92 Å². The number of carbonyl (C=O) groups excluding carboxylic acids is 3. The van der Waals surface area contributed by atoms with Crippen molar-refractivity contribution < 1.29 is 37.0 Å². The minimum atomic E-state index is -4.61. The lowest BCUT2D eigenvalue weighted by atomic mass is 10.1. The van der Waals surface area contributed by atoms with Crippen molar-refractivity contribution in [1.82, 2.24) is 14.7 Å². The number of rotatable bonds is 5. The zero-order chi connectivity index (χ0) is 27.3. The molecule has 0 bridgehead atoms. The third-order valence-corrected chi connectivity index (χ3v) is 6.39. The molecule has 0 aromatic heterocycles. The molecule has 1 atom stereocenters. The van der Waals surface area contributed by atoms with Crippen molar-refractivity contribution in [3.05, 3.63) is 59.7 Å². The van der Waals surface area contributed by atoms with Crippen molar-refractivity contribution in [1.29, 1.82) is 0 Å². The molecule has 2 fully saturated rings. The van der Waals surface area contributed by atoms with E-state index in [-0.39, 0.29) is 31.1 Å². The number of nitrogens with zero attached hydrogens (tertiary/aromatic N) is 3. The van der Waals surface area contributed by atoms with Gasteiger partial charge < -0.3 is 29.5 Å². The second kappa shape index (κ2) is 11.7. The van der Waals surface area contributed by atoms with Gasteiger partial charge in [-0.2, -0.15) is 13.2 Å². The normalized spacial score (nSPS) is 18.2. The average molecular weight is 535 g/mol. The number of urea groups is 1. The zero-order valence-corrected chi connectivity index (χ0v) is 20.9. The Balaban J connectivity index is 1.53. The Hall–Kier alpha value is -3.80. The first-order valence-corrected chi connectivity index (χ1v) is 12.3. The van der Waals surface area contributed by atoms with E-state index in [0.717, 1.165) is 18.2 Å². The highest BCUT2D eigenvalue weighted by Gasteiger charge is 2.40. The van der Waals surface area contributed by atoms with Crippen LogP contribution in [0, 0.1) is 0 Å². The van der Waals surface area contributed by atoms with Crippen molar-refractivity contribution in [3.8, 4) is 5.75 Å². The van der Waals surface area contributed by atoms with Gasteiger partial charge in [-0.05, 0) is 49.4 Å². The summed E-state index contributed by atoms with van der Waals surface area (Å²) >= 11 is 0. The van der Waals surface area contributed by atoms with Gasteiger partial charge in [-0.25, -0.2) is 4.79 Å². The Labute approximate surface area is 218 Å². The van der Waals surface area contributed by atoms with Crippen LogP contribution in [0.4, 0.5) is 23.7 Å². The molecule has 38 heavy (non-hydrogen) atoms. The topological polar surface area (TPSA) is 91.4 Å². The molecule has 2 heterocycles. The van der Waals surface area contributed by atoms with Crippen LogP contribution in [0.2, 0.25) is 0 Å². The number of ether oxygens (including phenoxy) is 2. The molecular formula is C26H29F3N4O5. The molecule has 204 valence electrons. The summed E-state index contributed by atoms with van der Waals surface area (Å²) in [5.74, 6) is -0.426. The van der Waals surface area contributed by atoms with Gasteiger partial charge in [0.05, 0.1) is 31.9 Å². The minimum absolute atomic E-state index is 0.0213. The summed E-state index contributed by atoms with van der Waals surface area (Å²) in [6, 6.07) is 9.41. The van der Waals surface area contributed by atoms with Crippen molar-refractivity contribution in [2.75, 3.05) is 57.9 Å². The molecule has 12 heteroatoms. The van der Waals surface area contributed by atoms with E-state index in [2.05, 4.69) is 5.32 Å². The monoisotopic (exact) mass is 534 g/mol. The van der Waals surface area contributed by atoms with Crippen LogP contribution in [0.1, 0.15) is 22.8 Å². The molecular weight excluding hydrogens is 505 g/mol. The smallest absolute Gasteiger partial charge is 0.416 e. The van der Waals surface area contributed by atoms with E-state index in [4.69, 9.17) is 9.47 Å². The number of amides is 4. The van der Waals surface area contributed by atoms with E-state index in [0.29, 0.717) is 44.3 Å². The van der Waals surface area contributed by atoms with Crippen LogP contribution < -0.4 is 10.1 Å². The number of morpholine rings is 1. The molecule has 2 saturated heterocycles. The van der Waals surface area contributed by atoms with Crippen LogP contribution in [0.3, 0.4) is 0 Å². The van der Waals surface area contributed by atoms with Gasteiger partial charge >= 0.3 is 12.2 Å². The van der Waals surface area contributed by atoms with Gasteiger partial charge in [-0.3, -0.25) is 9.59 Å². The fraction of sp³-hybridized carbons (Fsp3) is 0.423. The SMILES string of the molecule is CCOc1ccc(NC(=O)N2CCN(C(=O)c3cccc(C(F)(F)F)c3)C(C(=O)N3CCOCC3)C2)cc1. The third kappa shape index (κ3) is 6.36. The van der Waals surface area contributed by atoms with Gasteiger partial charge in [0.2, 0.25) is 5.91 Å². The lowest BCUT2D eigenvalue weighted by Gasteiger charge is -2.42. The number of carbonyl (C=O) groups is 3. The van der Waals surface area contributed by atoms with Crippen molar-refractivity contribution in [2.45, 2.75) is 19.1 Å². The molecule has 2 aromatic rings. The molecule has 0 spiro atoms. The molecule has 2 aromatic carbocycles. The van der Waals surface area contributed by atoms with Crippen LogP contribution in [-0.2, 0) is 15.7 Å². The number of alkyl halides is 3. The van der Waals surface area contributed by atoms with Crippen LogP contribution in [0.5, 0.6) is 5.75 Å². The summed E-state index contributed by atoms with van der Waals surface area (Å²) in [7, 11) is 0. The highest BCUT2D eigenvalue weighted by molar-refractivity contribution is 5.98. The maximum atomic E-state index is 13.5. The third-order valence-electron chi connectivity index (χ3n) is 6.39. The van der Waals surface area contributed by atoms with Gasteiger partial charge in [0, 0.05) is 37.4 Å². The number of hydrogen-bond donors (Lipinski definition) is 1. The first kappa shape index (κ1) is 27.2. The number of hydrogen-bond acceptors (Lipinski definition) is 5. The van der Waals surface area contributed by atoms with Gasteiger partial charge in [-0.15, -0.1) is 0 Å². The number of piperazine rings is 1. The largest absolute Gasteiger partial charge is 0.494 e. The second-order valence-electron chi connectivity index (χ2n) is 8.86. The molecule has 2 aliphatic heterocycles. The molecule has 0 saturated carbocycles. The molecule has 0 radical (unpaired) electrons. The molecule has 9 nitrogen and oxygen atoms in total. The second-order valence-corrected chi connectivity index (χ2v) is 8.86. The first-order chi connectivity index (χ1) is 18.2. The Morgan fingerprint density at radius 2 is 1.71 bits per heavy atom. The van der Waals surface area contributed by atoms with Gasteiger partial charge in [0.1, 0.15) is 11.8 Å².